The van der Waals surface area contributed by atoms with Gasteiger partial charge >= 0.3 is 0 Å². The molecule has 1 aromatic rings. The summed E-state index contributed by atoms with van der Waals surface area (Å²) in [6, 6.07) is 0.243. The number of nitrogens with two attached hydrogens (primary N) is 1. The van der Waals surface area contributed by atoms with Crippen molar-refractivity contribution in [3.63, 3.8) is 0 Å². The van der Waals surface area contributed by atoms with Crippen LogP contribution in [0.2, 0.25) is 0 Å². The summed E-state index contributed by atoms with van der Waals surface area (Å²) in [7, 11) is 0. The Labute approximate surface area is 104 Å². The summed E-state index contributed by atoms with van der Waals surface area (Å²) in [4.78, 5) is 4.34. The first kappa shape index (κ1) is 12.6. The molecule has 3 unspecified atom stereocenters. The molecule has 0 radical (unpaired) electrons. The number of rotatable bonds is 5. The molecule has 0 aromatic carbocycles. The molecule has 4 heteroatoms. The highest BCUT2D eigenvalue weighted by Gasteiger charge is 2.29. The highest BCUT2D eigenvalue weighted by Crippen LogP contribution is 2.33. The van der Waals surface area contributed by atoms with Crippen LogP contribution in [0.1, 0.15) is 45.4 Å². The average Bonchev–Trinajstić information content (AvgIpc) is 2.89. The molecular weight excluding hydrogens is 212 g/mol. The number of hydrogen-bond acceptors (Lipinski definition) is 3. The quantitative estimate of drug-likeness (QED) is 0.850. The van der Waals surface area contributed by atoms with Crippen LogP contribution in [0.25, 0.3) is 0 Å². The van der Waals surface area contributed by atoms with Gasteiger partial charge in [0.2, 0.25) is 0 Å². The van der Waals surface area contributed by atoms with E-state index in [1.165, 1.54) is 19.3 Å². The molecule has 3 atom stereocenters. The molecule has 1 aromatic heterocycles. The fraction of sp³-hybridized carbons (Fsp3) is 0.846. The Balaban J connectivity index is 1.97. The van der Waals surface area contributed by atoms with Gasteiger partial charge in [0.25, 0.3) is 0 Å². The van der Waals surface area contributed by atoms with Crippen molar-refractivity contribution in [1.29, 1.82) is 0 Å². The van der Waals surface area contributed by atoms with Gasteiger partial charge < -0.3 is 5.73 Å². The molecule has 1 heterocycles. The van der Waals surface area contributed by atoms with Crippen molar-refractivity contribution >= 4 is 0 Å². The van der Waals surface area contributed by atoms with Crippen molar-refractivity contribution in [2.45, 2.75) is 58.5 Å². The van der Waals surface area contributed by atoms with Gasteiger partial charge in [-0.05, 0) is 24.7 Å². The molecule has 0 saturated heterocycles. The summed E-state index contributed by atoms with van der Waals surface area (Å²) in [5, 5.41) is 4.25. The summed E-state index contributed by atoms with van der Waals surface area (Å²) in [6.07, 6.45) is 7.56. The molecule has 1 aliphatic carbocycles. The lowest BCUT2D eigenvalue weighted by molar-refractivity contribution is 0.336. The van der Waals surface area contributed by atoms with Gasteiger partial charge in [0.05, 0.1) is 0 Å². The molecule has 0 aliphatic heterocycles. The summed E-state index contributed by atoms with van der Waals surface area (Å²) >= 11 is 0. The van der Waals surface area contributed by atoms with Crippen molar-refractivity contribution in [3.05, 3.63) is 12.2 Å². The third-order valence-electron chi connectivity index (χ3n) is 4.03. The van der Waals surface area contributed by atoms with E-state index in [-0.39, 0.29) is 6.04 Å². The molecule has 0 amide bonds. The number of aromatic nitrogens is 3. The van der Waals surface area contributed by atoms with Gasteiger partial charge in [0, 0.05) is 19.0 Å². The van der Waals surface area contributed by atoms with Gasteiger partial charge in [-0.15, -0.1) is 0 Å². The summed E-state index contributed by atoms with van der Waals surface area (Å²) < 4.78 is 2.00. The van der Waals surface area contributed by atoms with E-state index >= 15 is 0 Å². The van der Waals surface area contributed by atoms with E-state index in [1.807, 2.05) is 4.68 Å². The molecule has 96 valence electrons. The second kappa shape index (κ2) is 5.63. The fourth-order valence-corrected chi connectivity index (χ4v) is 3.02. The molecule has 1 saturated carbocycles. The summed E-state index contributed by atoms with van der Waals surface area (Å²) in [5.41, 5.74) is 6.34. The summed E-state index contributed by atoms with van der Waals surface area (Å²) in [5.74, 6) is 2.49. The third kappa shape index (κ3) is 2.86. The van der Waals surface area contributed by atoms with Crippen molar-refractivity contribution in [2.24, 2.45) is 17.6 Å². The van der Waals surface area contributed by atoms with E-state index < -0.39 is 0 Å². The molecule has 17 heavy (non-hydrogen) atoms. The van der Waals surface area contributed by atoms with Gasteiger partial charge in [-0.1, -0.05) is 26.7 Å². The van der Waals surface area contributed by atoms with E-state index in [1.54, 1.807) is 6.33 Å². The first-order valence-electron chi connectivity index (χ1n) is 6.84. The second-order valence-corrected chi connectivity index (χ2v) is 5.34. The maximum atomic E-state index is 6.34. The number of aryl methyl sites for hydroxylation is 1. The van der Waals surface area contributed by atoms with Crippen molar-refractivity contribution < 1.29 is 0 Å². The highest BCUT2D eigenvalue weighted by molar-refractivity contribution is 4.93. The van der Waals surface area contributed by atoms with Crippen LogP contribution in [0.5, 0.6) is 0 Å². The Morgan fingerprint density at radius 1 is 1.53 bits per heavy atom. The van der Waals surface area contributed by atoms with E-state index in [4.69, 9.17) is 5.73 Å². The monoisotopic (exact) mass is 236 g/mol. The summed E-state index contributed by atoms with van der Waals surface area (Å²) in [6.45, 7) is 5.43. The van der Waals surface area contributed by atoms with E-state index in [9.17, 15) is 0 Å². The third-order valence-corrected chi connectivity index (χ3v) is 4.03. The average molecular weight is 236 g/mol. The molecule has 2 rings (SSSR count). The minimum Gasteiger partial charge on any atom is -0.327 e. The minimum atomic E-state index is 0.243. The van der Waals surface area contributed by atoms with Gasteiger partial charge in [0.15, 0.2) is 0 Å². The predicted molar refractivity (Wildman–Crippen MR) is 68.5 cm³/mol. The van der Waals surface area contributed by atoms with Crippen LogP contribution in [0.4, 0.5) is 0 Å². The standard InChI is InChI=1S/C13H24N4/c1-3-7-17-13(15-9-16-17)8-12(14)11-6-4-5-10(11)2/h9-12H,3-8,14H2,1-2H3. The van der Waals surface area contributed by atoms with Gasteiger partial charge in [-0.3, -0.25) is 4.68 Å². The molecular formula is C13H24N4. The van der Waals surface area contributed by atoms with Crippen LogP contribution < -0.4 is 5.73 Å². The van der Waals surface area contributed by atoms with E-state index in [0.717, 1.165) is 31.1 Å². The topological polar surface area (TPSA) is 56.7 Å². The first-order valence-corrected chi connectivity index (χ1v) is 6.84. The van der Waals surface area contributed by atoms with Crippen molar-refractivity contribution in [1.82, 2.24) is 14.8 Å². The van der Waals surface area contributed by atoms with Crippen LogP contribution in [0.3, 0.4) is 0 Å². The maximum absolute atomic E-state index is 6.34. The molecule has 2 N–H and O–H groups in total. The van der Waals surface area contributed by atoms with Gasteiger partial charge in [-0.25, -0.2) is 4.98 Å². The van der Waals surface area contributed by atoms with Crippen LogP contribution >= 0.6 is 0 Å². The zero-order valence-electron chi connectivity index (χ0n) is 11.0. The Bertz CT molecular complexity index is 347. The molecule has 0 bridgehead atoms. The fourth-order valence-electron chi connectivity index (χ4n) is 3.02. The van der Waals surface area contributed by atoms with Crippen molar-refractivity contribution in [3.8, 4) is 0 Å². The molecule has 0 spiro atoms. The molecule has 1 aliphatic rings. The first-order chi connectivity index (χ1) is 8.22. The lowest BCUT2D eigenvalue weighted by Crippen LogP contribution is -2.34. The second-order valence-electron chi connectivity index (χ2n) is 5.34. The van der Waals surface area contributed by atoms with Crippen LogP contribution in [0, 0.1) is 11.8 Å². The van der Waals surface area contributed by atoms with Gasteiger partial charge in [-0.2, -0.15) is 5.10 Å². The SMILES string of the molecule is CCCn1ncnc1CC(N)C1CCCC1C. The largest absolute Gasteiger partial charge is 0.327 e. The lowest BCUT2D eigenvalue weighted by atomic mass is 9.89. The zero-order chi connectivity index (χ0) is 12.3. The van der Waals surface area contributed by atoms with Crippen LogP contribution in [-0.4, -0.2) is 20.8 Å². The predicted octanol–water partition coefficient (Wildman–Crippen LogP) is 1.99. The van der Waals surface area contributed by atoms with Gasteiger partial charge in [0.1, 0.15) is 12.2 Å². The Hall–Kier alpha value is -0.900. The normalized spacial score (nSPS) is 26.3. The Morgan fingerprint density at radius 2 is 2.35 bits per heavy atom. The van der Waals surface area contributed by atoms with E-state index in [2.05, 4.69) is 23.9 Å². The minimum absolute atomic E-state index is 0.243. The number of hydrogen-bond donors (Lipinski definition) is 1. The van der Waals surface area contributed by atoms with E-state index in [0.29, 0.717) is 5.92 Å². The maximum Gasteiger partial charge on any atom is 0.138 e. The smallest absolute Gasteiger partial charge is 0.138 e. The Kier molecular flexibility index (Phi) is 4.15. The zero-order valence-corrected chi connectivity index (χ0v) is 11.0. The van der Waals surface area contributed by atoms with Crippen molar-refractivity contribution in [2.75, 3.05) is 0 Å². The number of nitrogens with zero attached hydrogens (tertiary/aromatic N) is 3. The lowest BCUT2D eigenvalue weighted by Gasteiger charge is -2.22. The van der Waals surface area contributed by atoms with Crippen LogP contribution in [0.15, 0.2) is 6.33 Å². The van der Waals surface area contributed by atoms with Crippen LogP contribution in [-0.2, 0) is 13.0 Å². The molecule has 1 fully saturated rings. The highest BCUT2D eigenvalue weighted by atomic mass is 15.3. The Morgan fingerprint density at radius 3 is 3.00 bits per heavy atom. The molecule has 4 nitrogen and oxygen atoms in total.